The predicted molar refractivity (Wildman–Crippen MR) is 107 cm³/mol. The highest BCUT2D eigenvalue weighted by Gasteiger charge is 2.20. The number of benzene rings is 1. The molecule has 0 bridgehead atoms. The summed E-state index contributed by atoms with van der Waals surface area (Å²) < 4.78 is 5.70. The molecule has 0 spiro atoms. The van der Waals surface area contributed by atoms with Crippen molar-refractivity contribution in [2.24, 2.45) is 0 Å². The number of hydrogen-bond donors (Lipinski definition) is 1. The second kappa shape index (κ2) is 8.99. The average Bonchev–Trinajstić information content (AvgIpc) is 3.01. The number of nitrogens with one attached hydrogen (secondary N) is 1. The molecule has 0 aliphatic heterocycles. The monoisotopic (exact) mass is 389 g/mol. The zero-order valence-electron chi connectivity index (χ0n) is 16.5. The molecule has 0 atom stereocenters. The van der Waals surface area contributed by atoms with E-state index in [1.807, 2.05) is 40.0 Å². The van der Waals surface area contributed by atoms with Crippen molar-refractivity contribution in [3.63, 3.8) is 0 Å². The molecule has 0 radical (unpaired) electrons. The number of hydrogen-bond acceptors (Lipinski definition) is 5. The minimum absolute atomic E-state index is 0.0357. The number of amides is 2. The van der Waals surface area contributed by atoms with E-state index in [4.69, 9.17) is 4.74 Å². The fourth-order valence-electron chi connectivity index (χ4n) is 2.47. The van der Waals surface area contributed by atoms with Crippen molar-refractivity contribution in [2.75, 3.05) is 13.1 Å². The van der Waals surface area contributed by atoms with Crippen LogP contribution >= 0.6 is 11.3 Å². The normalized spacial score (nSPS) is 11.1. The summed E-state index contributed by atoms with van der Waals surface area (Å²) in [6.07, 6.45) is 0. The molecule has 0 saturated carbocycles. The summed E-state index contributed by atoms with van der Waals surface area (Å²) >= 11 is 1.59. The molecule has 0 aliphatic carbocycles. The maximum Gasteiger partial charge on any atom is 0.254 e. The van der Waals surface area contributed by atoms with Crippen LogP contribution in [0.2, 0.25) is 0 Å². The number of carbonyl (C=O) groups is 2. The van der Waals surface area contributed by atoms with E-state index >= 15 is 0 Å². The maximum atomic E-state index is 12.7. The van der Waals surface area contributed by atoms with E-state index in [9.17, 15) is 9.59 Å². The summed E-state index contributed by atoms with van der Waals surface area (Å²) in [5.41, 5.74) is 1.09. The Hall–Kier alpha value is -2.41. The lowest BCUT2D eigenvalue weighted by Gasteiger charge is -2.25. The number of thiazole rings is 1. The van der Waals surface area contributed by atoms with E-state index in [-0.39, 0.29) is 23.9 Å². The van der Waals surface area contributed by atoms with Crippen molar-refractivity contribution in [1.82, 2.24) is 15.2 Å². The molecule has 2 rings (SSSR count). The molecule has 6 nitrogen and oxygen atoms in total. The van der Waals surface area contributed by atoms with Gasteiger partial charge in [0.25, 0.3) is 5.91 Å². The maximum absolute atomic E-state index is 12.7. The van der Waals surface area contributed by atoms with Gasteiger partial charge in [-0.15, -0.1) is 11.3 Å². The number of nitrogens with zero attached hydrogens (tertiary/aromatic N) is 2. The molecule has 1 aromatic carbocycles. The molecule has 0 aliphatic rings. The van der Waals surface area contributed by atoms with Crippen LogP contribution in [0.25, 0.3) is 0 Å². The smallest absolute Gasteiger partial charge is 0.254 e. The summed E-state index contributed by atoms with van der Waals surface area (Å²) in [7, 11) is 0. The molecule has 1 heterocycles. The van der Waals surface area contributed by atoms with Crippen molar-refractivity contribution >= 4 is 23.2 Å². The molecule has 27 heavy (non-hydrogen) atoms. The molecular formula is C20H27N3O3S. The Bertz CT molecular complexity index is 779. The van der Waals surface area contributed by atoms with Gasteiger partial charge >= 0.3 is 0 Å². The Labute approximate surface area is 164 Å². The lowest BCUT2D eigenvalue weighted by atomic mass is 10.1. The van der Waals surface area contributed by atoms with Crippen LogP contribution in [0.1, 0.15) is 48.8 Å². The van der Waals surface area contributed by atoms with Crippen molar-refractivity contribution in [3.8, 4) is 5.75 Å². The van der Waals surface area contributed by atoms with Crippen molar-refractivity contribution in [3.05, 3.63) is 45.9 Å². The molecule has 0 saturated heterocycles. The number of aryl methyl sites for hydroxylation is 1. The van der Waals surface area contributed by atoms with E-state index in [0.29, 0.717) is 24.5 Å². The average molecular weight is 390 g/mol. The predicted octanol–water partition coefficient (Wildman–Crippen LogP) is 3.41. The van der Waals surface area contributed by atoms with E-state index in [0.717, 1.165) is 10.7 Å². The van der Waals surface area contributed by atoms with Crippen LogP contribution in [-0.4, -0.2) is 40.3 Å². The summed E-state index contributed by atoms with van der Waals surface area (Å²) in [5, 5.41) is 5.85. The fraction of sp³-hybridized carbons (Fsp3) is 0.450. The van der Waals surface area contributed by atoms with Crippen LogP contribution < -0.4 is 10.1 Å². The number of aromatic nitrogens is 1. The minimum atomic E-state index is -0.325. The third kappa shape index (κ3) is 6.67. The van der Waals surface area contributed by atoms with Gasteiger partial charge < -0.3 is 15.0 Å². The van der Waals surface area contributed by atoms with Gasteiger partial charge in [0.15, 0.2) is 0 Å². The standard InChI is InChI=1S/C20H27N3O3S/c1-6-23(11-18(24)22-20(3,4)5)19(25)15-7-9-17(10-8-15)26-12-16-13-27-14(2)21-16/h7-10,13H,6,11-12H2,1-5H3,(H,22,24). The topological polar surface area (TPSA) is 71.5 Å². The van der Waals surface area contributed by atoms with Gasteiger partial charge in [-0.2, -0.15) is 0 Å². The van der Waals surface area contributed by atoms with Crippen LogP contribution in [0.3, 0.4) is 0 Å². The van der Waals surface area contributed by atoms with Gasteiger partial charge in [0.05, 0.1) is 17.2 Å². The van der Waals surface area contributed by atoms with Gasteiger partial charge in [-0.1, -0.05) is 0 Å². The highest BCUT2D eigenvalue weighted by molar-refractivity contribution is 7.09. The lowest BCUT2D eigenvalue weighted by molar-refractivity contribution is -0.123. The molecule has 7 heteroatoms. The Kier molecular flexibility index (Phi) is 6.96. The number of ether oxygens (including phenoxy) is 1. The fourth-order valence-corrected chi connectivity index (χ4v) is 3.06. The highest BCUT2D eigenvalue weighted by atomic mass is 32.1. The first-order valence-electron chi connectivity index (χ1n) is 8.92. The van der Waals surface area contributed by atoms with Gasteiger partial charge in [0.2, 0.25) is 5.91 Å². The molecule has 0 unspecified atom stereocenters. The third-order valence-corrected chi connectivity index (χ3v) is 4.49. The summed E-state index contributed by atoms with van der Waals surface area (Å²) in [5.74, 6) is 0.324. The molecule has 1 N–H and O–H groups in total. The second-order valence-corrected chi connectivity index (χ2v) is 8.35. The zero-order valence-corrected chi connectivity index (χ0v) is 17.4. The highest BCUT2D eigenvalue weighted by Crippen LogP contribution is 2.16. The minimum Gasteiger partial charge on any atom is -0.487 e. The number of carbonyl (C=O) groups excluding carboxylic acids is 2. The van der Waals surface area contributed by atoms with E-state index < -0.39 is 0 Å². The summed E-state index contributed by atoms with van der Waals surface area (Å²) in [4.78, 5) is 30.7. The Morgan fingerprint density at radius 2 is 1.89 bits per heavy atom. The largest absolute Gasteiger partial charge is 0.487 e. The van der Waals surface area contributed by atoms with Crippen LogP contribution in [0, 0.1) is 6.92 Å². The van der Waals surface area contributed by atoms with Gasteiger partial charge in [-0.05, 0) is 58.9 Å². The first kappa shape index (κ1) is 20.9. The van der Waals surface area contributed by atoms with Crippen LogP contribution in [0.5, 0.6) is 5.75 Å². The van der Waals surface area contributed by atoms with Crippen LogP contribution in [0.4, 0.5) is 0 Å². The Balaban J connectivity index is 1.95. The van der Waals surface area contributed by atoms with E-state index in [1.165, 1.54) is 4.90 Å². The Morgan fingerprint density at radius 3 is 2.41 bits per heavy atom. The SMILES string of the molecule is CCN(CC(=O)NC(C)(C)C)C(=O)c1ccc(OCc2csc(C)n2)cc1. The summed E-state index contributed by atoms with van der Waals surface area (Å²) in [6.45, 7) is 10.4. The molecule has 0 fully saturated rings. The Morgan fingerprint density at radius 1 is 1.22 bits per heavy atom. The van der Waals surface area contributed by atoms with Crippen LogP contribution in [-0.2, 0) is 11.4 Å². The third-order valence-electron chi connectivity index (χ3n) is 3.67. The second-order valence-electron chi connectivity index (χ2n) is 7.29. The van der Waals surface area contributed by atoms with Crippen LogP contribution in [0.15, 0.2) is 29.6 Å². The molecule has 146 valence electrons. The molecular weight excluding hydrogens is 362 g/mol. The van der Waals surface area contributed by atoms with Crippen molar-refractivity contribution < 1.29 is 14.3 Å². The first-order valence-corrected chi connectivity index (χ1v) is 9.80. The molecule has 2 amide bonds. The van der Waals surface area contributed by atoms with Gasteiger partial charge in [-0.25, -0.2) is 4.98 Å². The van der Waals surface area contributed by atoms with Crippen molar-refractivity contribution in [1.29, 1.82) is 0 Å². The zero-order chi connectivity index (χ0) is 20.0. The number of rotatable bonds is 7. The lowest BCUT2D eigenvalue weighted by Crippen LogP contribution is -2.47. The molecule has 1 aromatic heterocycles. The first-order chi connectivity index (χ1) is 12.7. The van der Waals surface area contributed by atoms with Gasteiger partial charge in [-0.3, -0.25) is 9.59 Å². The number of likely N-dealkylation sites (N-methyl/N-ethyl adjacent to an activating group) is 1. The van der Waals surface area contributed by atoms with E-state index in [2.05, 4.69) is 10.3 Å². The van der Waals surface area contributed by atoms with Gasteiger partial charge in [0, 0.05) is 23.0 Å². The van der Waals surface area contributed by atoms with Gasteiger partial charge in [0.1, 0.15) is 12.4 Å². The van der Waals surface area contributed by atoms with E-state index in [1.54, 1.807) is 35.6 Å². The molecule has 2 aromatic rings. The van der Waals surface area contributed by atoms with Crippen molar-refractivity contribution in [2.45, 2.75) is 46.8 Å². The quantitative estimate of drug-likeness (QED) is 0.788. The summed E-state index contributed by atoms with van der Waals surface area (Å²) in [6, 6.07) is 6.95.